The zero-order chi connectivity index (χ0) is 14.6. The normalized spacial score (nSPS) is 11.8. The molecule has 0 amide bonds. The number of sulfone groups is 1. The molecule has 0 aliphatic rings. The average molecular weight is 290 g/mol. The van der Waals surface area contributed by atoms with Crippen molar-refractivity contribution in [2.75, 3.05) is 6.61 Å². The summed E-state index contributed by atoms with van der Waals surface area (Å²) in [6.45, 7) is 1.86. The molecular formula is C15H14O4S. The van der Waals surface area contributed by atoms with Crippen LogP contribution in [0.15, 0.2) is 58.8 Å². The second kappa shape index (κ2) is 5.88. The molecule has 20 heavy (non-hydrogen) atoms. The van der Waals surface area contributed by atoms with Crippen LogP contribution in [0.2, 0.25) is 0 Å². The lowest BCUT2D eigenvalue weighted by molar-refractivity contribution is -0.137. The molecule has 2 aromatic carbocycles. The van der Waals surface area contributed by atoms with Gasteiger partial charge in [0, 0.05) is 11.5 Å². The molecule has 5 heteroatoms. The number of benzene rings is 2. The molecule has 0 saturated carbocycles. The van der Waals surface area contributed by atoms with Gasteiger partial charge in [-0.2, -0.15) is 0 Å². The van der Waals surface area contributed by atoms with Crippen molar-refractivity contribution in [2.24, 2.45) is 0 Å². The molecule has 0 bridgehead atoms. The van der Waals surface area contributed by atoms with Gasteiger partial charge in [-0.1, -0.05) is 30.3 Å². The molecule has 0 saturated heterocycles. The molecule has 2 rings (SSSR count). The summed E-state index contributed by atoms with van der Waals surface area (Å²) >= 11 is 0. The van der Waals surface area contributed by atoms with Gasteiger partial charge < -0.3 is 4.74 Å². The molecule has 0 radical (unpaired) electrons. The van der Waals surface area contributed by atoms with Gasteiger partial charge in [0.25, 0.3) is 0 Å². The van der Waals surface area contributed by atoms with Gasteiger partial charge in [0.1, 0.15) is 0 Å². The van der Waals surface area contributed by atoms with E-state index < -0.39 is 15.8 Å². The fourth-order valence-electron chi connectivity index (χ4n) is 1.76. The first-order valence-corrected chi connectivity index (χ1v) is 7.66. The molecule has 0 atom stereocenters. The van der Waals surface area contributed by atoms with E-state index in [1.54, 1.807) is 19.1 Å². The van der Waals surface area contributed by atoms with Crippen LogP contribution in [0.1, 0.15) is 6.92 Å². The highest BCUT2D eigenvalue weighted by Gasteiger charge is 2.11. The minimum Gasteiger partial charge on any atom is -0.463 e. The van der Waals surface area contributed by atoms with Gasteiger partial charge in [-0.3, -0.25) is 0 Å². The summed E-state index contributed by atoms with van der Waals surface area (Å²) in [6.07, 6.45) is 0.925. The van der Waals surface area contributed by atoms with Crippen LogP contribution in [0.3, 0.4) is 0 Å². The summed E-state index contributed by atoms with van der Waals surface area (Å²) in [5, 5.41) is 2.66. The molecule has 0 N–H and O–H groups in total. The minimum absolute atomic E-state index is 0.150. The first-order chi connectivity index (χ1) is 9.53. The number of carbonyl (C=O) groups excluding carboxylic acids is 1. The molecule has 0 aliphatic heterocycles. The van der Waals surface area contributed by atoms with Crippen molar-refractivity contribution in [1.82, 2.24) is 0 Å². The first-order valence-electron chi connectivity index (χ1n) is 6.11. The van der Waals surface area contributed by atoms with Crippen molar-refractivity contribution in [2.45, 2.75) is 11.8 Å². The number of rotatable bonds is 4. The number of ether oxygens (including phenoxy) is 1. The summed E-state index contributed by atoms with van der Waals surface area (Å²) in [5.74, 6) is -0.670. The Morgan fingerprint density at radius 1 is 1.15 bits per heavy atom. The lowest BCUT2D eigenvalue weighted by Gasteiger charge is -2.02. The van der Waals surface area contributed by atoms with Crippen LogP contribution in [-0.2, 0) is 19.4 Å². The Hall–Kier alpha value is -2.14. The van der Waals surface area contributed by atoms with Crippen LogP contribution in [-0.4, -0.2) is 21.0 Å². The maximum atomic E-state index is 12.1. The van der Waals surface area contributed by atoms with E-state index in [9.17, 15) is 13.2 Å². The van der Waals surface area contributed by atoms with E-state index >= 15 is 0 Å². The lowest BCUT2D eigenvalue weighted by atomic mass is 10.1. The third-order valence-electron chi connectivity index (χ3n) is 2.72. The van der Waals surface area contributed by atoms with Crippen LogP contribution in [0.25, 0.3) is 10.8 Å². The van der Waals surface area contributed by atoms with Crippen molar-refractivity contribution < 1.29 is 17.9 Å². The van der Waals surface area contributed by atoms with Gasteiger partial charge in [-0.15, -0.1) is 0 Å². The van der Waals surface area contributed by atoms with Gasteiger partial charge in [0.15, 0.2) is 9.84 Å². The third-order valence-corrected chi connectivity index (χ3v) is 4.12. The SMILES string of the molecule is CCOC(=O)C=CS(=O)(=O)c1ccc2ccccc2c1. The van der Waals surface area contributed by atoms with Crippen LogP contribution in [0.4, 0.5) is 0 Å². The van der Waals surface area contributed by atoms with E-state index in [4.69, 9.17) is 0 Å². The Labute approximate surface area is 117 Å². The monoisotopic (exact) mass is 290 g/mol. The zero-order valence-corrected chi connectivity index (χ0v) is 11.8. The van der Waals surface area contributed by atoms with Crippen LogP contribution < -0.4 is 0 Å². The van der Waals surface area contributed by atoms with Gasteiger partial charge in [0.2, 0.25) is 0 Å². The van der Waals surface area contributed by atoms with E-state index in [2.05, 4.69) is 4.74 Å². The molecule has 0 heterocycles. The van der Waals surface area contributed by atoms with Crippen molar-refractivity contribution in [3.8, 4) is 0 Å². The van der Waals surface area contributed by atoms with Gasteiger partial charge in [0.05, 0.1) is 11.5 Å². The number of hydrogen-bond acceptors (Lipinski definition) is 4. The molecule has 4 nitrogen and oxygen atoms in total. The molecule has 2 aromatic rings. The summed E-state index contributed by atoms with van der Waals surface area (Å²) in [5.41, 5.74) is 0. The maximum Gasteiger partial charge on any atom is 0.331 e. The lowest BCUT2D eigenvalue weighted by Crippen LogP contribution is -2.02. The number of fused-ring (bicyclic) bond motifs is 1. The van der Waals surface area contributed by atoms with Crippen molar-refractivity contribution >= 4 is 26.6 Å². The van der Waals surface area contributed by atoms with Crippen LogP contribution in [0, 0.1) is 0 Å². The molecule has 0 aromatic heterocycles. The summed E-state index contributed by atoms with van der Waals surface area (Å²) in [4.78, 5) is 11.3. The summed E-state index contributed by atoms with van der Waals surface area (Å²) in [7, 11) is -3.65. The molecule has 0 aliphatic carbocycles. The maximum absolute atomic E-state index is 12.1. The second-order valence-corrected chi connectivity index (χ2v) is 5.94. The first kappa shape index (κ1) is 14.3. The number of esters is 1. The van der Waals surface area contributed by atoms with Crippen molar-refractivity contribution in [3.05, 3.63) is 53.9 Å². The largest absolute Gasteiger partial charge is 0.463 e. The Morgan fingerprint density at radius 3 is 2.55 bits per heavy atom. The summed E-state index contributed by atoms with van der Waals surface area (Å²) < 4.78 is 28.8. The highest BCUT2D eigenvalue weighted by atomic mass is 32.2. The quantitative estimate of drug-likeness (QED) is 0.641. The van der Waals surface area contributed by atoms with E-state index in [1.165, 1.54) is 6.07 Å². The minimum atomic E-state index is -3.65. The fraction of sp³-hybridized carbons (Fsp3) is 0.133. The molecule has 0 spiro atoms. The molecular weight excluding hydrogens is 276 g/mol. The van der Waals surface area contributed by atoms with Gasteiger partial charge >= 0.3 is 5.97 Å². The Kier molecular flexibility index (Phi) is 4.20. The van der Waals surface area contributed by atoms with Crippen LogP contribution in [0.5, 0.6) is 0 Å². The van der Waals surface area contributed by atoms with Crippen LogP contribution >= 0.6 is 0 Å². The highest BCUT2D eigenvalue weighted by Crippen LogP contribution is 2.20. The smallest absolute Gasteiger partial charge is 0.331 e. The van der Waals surface area contributed by atoms with Crippen molar-refractivity contribution in [1.29, 1.82) is 0 Å². The zero-order valence-electron chi connectivity index (χ0n) is 10.9. The van der Waals surface area contributed by atoms with Crippen molar-refractivity contribution in [3.63, 3.8) is 0 Å². The molecule has 104 valence electrons. The van der Waals surface area contributed by atoms with Gasteiger partial charge in [-0.25, -0.2) is 13.2 Å². The average Bonchev–Trinajstić information content (AvgIpc) is 2.45. The van der Waals surface area contributed by atoms with Gasteiger partial charge in [-0.05, 0) is 29.8 Å². The topological polar surface area (TPSA) is 60.4 Å². The van der Waals surface area contributed by atoms with E-state index in [-0.39, 0.29) is 11.5 Å². The Bertz CT molecular complexity index is 760. The number of hydrogen-bond donors (Lipinski definition) is 0. The second-order valence-electron chi connectivity index (χ2n) is 4.11. The standard InChI is InChI=1S/C15H14O4S/c1-2-19-15(16)9-10-20(17,18)14-8-7-12-5-3-4-6-13(12)11-14/h3-11H,2H2,1H3. The predicted molar refractivity (Wildman–Crippen MR) is 76.9 cm³/mol. The van der Waals surface area contributed by atoms with E-state index in [1.807, 2.05) is 24.3 Å². The predicted octanol–water partition coefficient (Wildman–Crippen LogP) is 2.69. The summed E-state index contributed by atoms with van der Waals surface area (Å²) in [6, 6.07) is 12.3. The Morgan fingerprint density at radius 2 is 1.85 bits per heavy atom. The number of carbonyl (C=O) groups is 1. The Balaban J connectivity index is 2.34. The highest BCUT2D eigenvalue weighted by molar-refractivity contribution is 7.94. The van der Waals surface area contributed by atoms with E-state index in [0.717, 1.165) is 22.3 Å². The third kappa shape index (κ3) is 3.24. The van der Waals surface area contributed by atoms with E-state index in [0.29, 0.717) is 0 Å². The molecule has 0 unspecified atom stereocenters. The fourth-order valence-corrected chi connectivity index (χ4v) is 2.75. The molecule has 0 fully saturated rings.